The maximum atomic E-state index is 14.3. The number of benzene rings is 2. The Kier molecular flexibility index (Phi) is 5.17. The molecule has 5 nitrogen and oxygen atoms in total. The number of aryl methyl sites for hydroxylation is 1. The third-order valence-electron chi connectivity index (χ3n) is 6.02. The van der Waals surface area contributed by atoms with Gasteiger partial charge in [-0.2, -0.15) is 0 Å². The van der Waals surface area contributed by atoms with E-state index in [0.717, 1.165) is 5.39 Å². The summed E-state index contributed by atoms with van der Waals surface area (Å²) in [5, 5.41) is 1.21. The minimum atomic E-state index is -0.656. The van der Waals surface area contributed by atoms with Crippen LogP contribution < -0.4 is 0 Å². The van der Waals surface area contributed by atoms with E-state index in [-0.39, 0.29) is 11.8 Å². The third kappa shape index (κ3) is 3.38. The van der Waals surface area contributed by atoms with Crippen molar-refractivity contribution in [3.63, 3.8) is 0 Å². The quantitative estimate of drug-likeness (QED) is 0.351. The fourth-order valence-corrected chi connectivity index (χ4v) is 4.59. The van der Waals surface area contributed by atoms with E-state index in [2.05, 4.69) is 4.98 Å². The standard InChI is InChI=1S/C26H19ClFN3O2/c1-3-22-20(12-16(28)13-29-22)24-19(11-15-7-6-10-21(27)23(15)30-24)14(2)31-25(32)17-8-4-5-9-18(17)26(31)33/h4-14H,3H2,1-2H3. The summed E-state index contributed by atoms with van der Waals surface area (Å²) in [6.45, 7) is 3.70. The van der Waals surface area contributed by atoms with Gasteiger partial charge in [-0.3, -0.25) is 19.5 Å². The van der Waals surface area contributed by atoms with Gasteiger partial charge < -0.3 is 0 Å². The summed E-state index contributed by atoms with van der Waals surface area (Å²) in [5.74, 6) is -1.23. The Morgan fingerprint density at radius 2 is 1.70 bits per heavy atom. The van der Waals surface area contributed by atoms with Crippen LogP contribution in [0.1, 0.15) is 51.9 Å². The number of rotatable bonds is 4. The average molecular weight is 460 g/mol. The van der Waals surface area contributed by atoms with E-state index in [9.17, 15) is 14.0 Å². The fraction of sp³-hybridized carbons (Fsp3) is 0.154. The second-order valence-electron chi connectivity index (χ2n) is 7.94. The number of halogens is 2. The largest absolute Gasteiger partial charge is 0.269 e. The van der Waals surface area contributed by atoms with Crippen LogP contribution in [0.2, 0.25) is 5.02 Å². The van der Waals surface area contributed by atoms with Gasteiger partial charge in [-0.1, -0.05) is 42.8 Å². The summed E-state index contributed by atoms with van der Waals surface area (Å²) in [5.41, 5.74) is 3.52. The second-order valence-corrected chi connectivity index (χ2v) is 8.35. The first kappa shape index (κ1) is 21.2. The Morgan fingerprint density at radius 3 is 2.36 bits per heavy atom. The monoisotopic (exact) mass is 459 g/mol. The molecule has 5 rings (SSSR count). The molecule has 1 atom stereocenters. The van der Waals surface area contributed by atoms with Crippen molar-refractivity contribution < 1.29 is 14.0 Å². The SMILES string of the molecule is CCc1ncc(F)cc1-c1nc2c(Cl)cccc2cc1C(C)N1C(=O)c2ccccc2C1=O. The molecule has 0 bridgehead atoms. The zero-order valence-electron chi connectivity index (χ0n) is 18.0. The predicted octanol–water partition coefficient (Wildman–Crippen LogP) is 6.01. The van der Waals surface area contributed by atoms with E-state index in [1.807, 2.05) is 25.1 Å². The van der Waals surface area contributed by atoms with Crippen LogP contribution in [-0.2, 0) is 6.42 Å². The molecule has 0 N–H and O–H groups in total. The van der Waals surface area contributed by atoms with Crippen molar-refractivity contribution >= 4 is 34.3 Å². The number of carbonyl (C=O) groups excluding carboxylic acids is 2. The van der Waals surface area contributed by atoms with Crippen molar-refractivity contribution in [2.75, 3.05) is 0 Å². The van der Waals surface area contributed by atoms with Crippen molar-refractivity contribution in [3.05, 3.63) is 94.0 Å². The number of amides is 2. The summed E-state index contributed by atoms with van der Waals surface area (Å²) >= 11 is 6.42. The highest BCUT2D eigenvalue weighted by Crippen LogP contribution is 2.38. The molecule has 1 unspecified atom stereocenters. The van der Waals surface area contributed by atoms with Crippen molar-refractivity contribution in [1.82, 2.24) is 14.9 Å². The van der Waals surface area contributed by atoms with Gasteiger partial charge in [-0.25, -0.2) is 9.37 Å². The third-order valence-corrected chi connectivity index (χ3v) is 6.32. The molecule has 0 saturated carbocycles. The molecule has 0 spiro atoms. The first-order valence-electron chi connectivity index (χ1n) is 10.6. The summed E-state index contributed by atoms with van der Waals surface area (Å²) in [6, 6.07) is 14.8. The van der Waals surface area contributed by atoms with Crippen LogP contribution >= 0.6 is 11.6 Å². The highest BCUT2D eigenvalue weighted by molar-refractivity contribution is 6.35. The van der Waals surface area contributed by atoms with Crippen molar-refractivity contribution in [2.24, 2.45) is 0 Å². The molecule has 7 heteroatoms. The summed E-state index contributed by atoms with van der Waals surface area (Å²) in [4.78, 5) is 36.6. The van der Waals surface area contributed by atoms with Gasteiger partial charge in [0.05, 0.1) is 39.6 Å². The van der Waals surface area contributed by atoms with Crippen LogP contribution in [0.25, 0.3) is 22.2 Å². The van der Waals surface area contributed by atoms with E-state index >= 15 is 0 Å². The van der Waals surface area contributed by atoms with Gasteiger partial charge in [0.25, 0.3) is 11.8 Å². The first-order chi connectivity index (χ1) is 15.9. The zero-order valence-corrected chi connectivity index (χ0v) is 18.7. The minimum absolute atomic E-state index is 0.367. The number of para-hydroxylation sites is 1. The van der Waals surface area contributed by atoms with Crippen molar-refractivity contribution in [3.8, 4) is 11.3 Å². The maximum Gasteiger partial charge on any atom is 0.262 e. The molecule has 2 aromatic carbocycles. The van der Waals surface area contributed by atoms with Gasteiger partial charge in [-0.05, 0) is 43.7 Å². The molecule has 2 amide bonds. The molecule has 1 aliphatic heterocycles. The van der Waals surface area contributed by atoms with E-state index in [4.69, 9.17) is 16.6 Å². The van der Waals surface area contributed by atoms with Crippen LogP contribution in [0, 0.1) is 5.82 Å². The molecular weight excluding hydrogens is 441 g/mol. The number of hydrogen-bond acceptors (Lipinski definition) is 4. The number of hydrogen-bond donors (Lipinski definition) is 0. The second kappa shape index (κ2) is 8.05. The molecule has 0 saturated heterocycles. The highest BCUT2D eigenvalue weighted by atomic mass is 35.5. The van der Waals surface area contributed by atoms with Crippen LogP contribution in [0.5, 0.6) is 0 Å². The molecular formula is C26H19ClFN3O2. The molecule has 0 aliphatic carbocycles. The van der Waals surface area contributed by atoms with E-state index < -0.39 is 11.9 Å². The molecule has 3 heterocycles. The van der Waals surface area contributed by atoms with Gasteiger partial charge >= 0.3 is 0 Å². The molecule has 1 aliphatic rings. The number of carbonyl (C=O) groups is 2. The fourth-order valence-electron chi connectivity index (χ4n) is 4.37. The highest BCUT2D eigenvalue weighted by Gasteiger charge is 2.39. The van der Waals surface area contributed by atoms with E-state index in [1.165, 1.54) is 17.2 Å². The van der Waals surface area contributed by atoms with Crippen LogP contribution in [0.15, 0.2) is 60.8 Å². The zero-order chi connectivity index (χ0) is 23.3. The molecule has 0 radical (unpaired) electrons. The number of nitrogens with zero attached hydrogens (tertiary/aromatic N) is 3. The topological polar surface area (TPSA) is 63.2 Å². The van der Waals surface area contributed by atoms with Crippen LogP contribution in [0.4, 0.5) is 4.39 Å². The van der Waals surface area contributed by atoms with Crippen LogP contribution in [0.3, 0.4) is 0 Å². The first-order valence-corrected chi connectivity index (χ1v) is 11.0. The lowest BCUT2D eigenvalue weighted by atomic mass is 9.96. The number of fused-ring (bicyclic) bond motifs is 2. The molecule has 164 valence electrons. The number of pyridine rings is 2. The lowest BCUT2D eigenvalue weighted by Crippen LogP contribution is -2.33. The lowest BCUT2D eigenvalue weighted by Gasteiger charge is -2.25. The molecule has 33 heavy (non-hydrogen) atoms. The Morgan fingerprint density at radius 1 is 1.00 bits per heavy atom. The van der Waals surface area contributed by atoms with E-state index in [1.54, 1.807) is 37.3 Å². The number of imide groups is 1. The molecule has 0 fully saturated rings. The summed E-state index contributed by atoms with van der Waals surface area (Å²) in [6.07, 6.45) is 1.72. The Hall–Kier alpha value is -3.64. The smallest absolute Gasteiger partial charge is 0.262 e. The van der Waals surface area contributed by atoms with Gasteiger partial charge in [-0.15, -0.1) is 0 Å². The number of aromatic nitrogens is 2. The van der Waals surface area contributed by atoms with Gasteiger partial charge in [0.1, 0.15) is 5.82 Å². The van der Waals surface area contributed by atoms with Crippen molar-refractivity contribution in [2.45, 2.75) is 26.3 Å². The summed E-state index contributed by atoms with van der Waals surface area (Å²) in [7, 11) is 0. The minimum Gasteiger partial charge on any atom is -0.269 e. The van der Waals surface area contributed by atoms with Crippen molar-refractivity contribution in [1.29, 1.82) is 0 Å². The Labute approximate surface area is 194 Å². The van der Waals surface area contributed by atoms with Crippen LogP contribution in [-0.4, -0.2) is 26.7 Å². The van der Waals surface area contributed by atoms with Gasteiger partial charge in [0, 0.05) is 22.2 Å². The molecule has 2 aromatic heterocycles. The summed E-state index contributed by atoms with van der Waals surface area (Å²) < 4.78 is 14.3. The predicted molar refractivity (Wildman–Crippen MR) is 125 cm³/mol. The van der Waals surface area contributed by atoms with Gasteiger partial charge in [0.2, 0.25) is 0 Å². The lowest BCUT2D eigenvalue weighted by molar-refractivity contribution is 0.0595. The Bertz CT molecular complexity index is 1420. The average Bonchev–Trinajstić information content (AvgIpc) is 3.08. The maximum absolute atomic E-state index is 14.3. The van der Waals surface area contributed by atoms with Gasteiger partial charge in [0.15, 0.2) is 0 Å². The van der Waals surface area contributed by atoms with E-state index in [0.29, 0.717) is 50.6 Å². The normalized spacial score (nSPS) is 14.1. The Balaban J connectivity index is 1.75. The molecule has 4 aromatic rings.